The van der Waals surface area contributed by atoms with Gasteiger partial charge in [-0.1, -0.05) is 0 Å². The quantitative estimate of drug-likeness (QED) is 0.397. The molecule has 0 unspecified atom stereocenters. The van der Waals surface area contributed by atoms with Crippen LogP contribution in [0.1, 0.15) is 0 Å². The van der Waals surface area contributed by atoms with Gasteiger partial charge in [-0.3, -0.25) is 0 Å². The van der Waals surface area contributed by atoms with Gasteiger partial charge < -0.3 is 0 Å². The van der Waals surface area contributed by atoms with Crippen molar-refractivity contribution in [1.82, 2.24) is 0 Å². The van der Waals surface area contributed by atoms with Gasteiger partial charge in [-0.05, 0) is 6.08 Å². The average Bonchev–Trinajstić information content (AvgIpc) is 1.89. The number of carbonyl (C=O) groups excluding carboxylic acids is 2. The van der Waals surface area contributed by atoms with Crippen molar-refractivity contribution >= 4 is 12.2 Å². The van der Waals surface area contributed by atoms with Gasteiger partial charge in [0.15, 0.2) is 0 Å². The second-order valence-electron chi connectivity index (χ2n) is 1.04. The van der Waals surface area contributed by atoms with Gasteiger partial charge in [0, 0.05) is 6.20 Å². The predicted molar refractivity (Wildman–Crippen MR) is 30.2 cm³/mol. The summed E-state index contributed by atoms with van der Waals surface area (Å²) >= 11 is 0. The zero-order chi connectivity index (χ0) is 6.95. The second kappa shape index (κ2) is 6.50. The van der Waals surface area contributed by atoms with E-state index in [0.717, 1.165) is 0 Å². The maximum absolute atomic E-state index is 9.40. The molecule has 0 heterocycles. The molecule has 0 bridgehead atoms. The van der Waals surface area contributed by atoms with Crippen LogP contribution in [0.2, 0.25) is 0 Å². The third kappa shape index (κ3) is 6.50. The Labute approximate surface area is 51.6 Å². The molecule has 0 fully saturated rings. The van der Waals surface area contributed by atoms with E-state index in [9.17, 15) is 9.59 Å². The molecular weight excluding hydrogens is 120 g/mol. The highest BCUT2D eigenvalue weighted by Gasteiger charge is 1.66. The van der Waals surface area contributed by atoms with Gasteiger partial charge in [0.25, 0.3) is 0 Å². The molecule has 0 spiro atoms. The average molecular weight is 124 g/mol. The van der Waals surface area contributed by atoms with Gasteiger partial charge in [0.05, 0.1) is 6.54 Å². The summed E-state index contributed by atoms with van der Waals surface area (Å²) in [6.45, 7) is 0.203. The lowest BCUT2D eigenvalue weighted by atomic mass is 10.6. The molecule has 0 saturated carbocycles. The molecule has 0 aromatic carbocycles. The Bertz CT molecular complexity index is 185. The van der Waals surface area contributed by atoms with Crippen molar-refractivity contribution in [3.05, 3.63) is 12.3 Å². The Kier molecular flexibility index (Phi) is 5.42. The molecule has 0 rings (SSSR count). The first kappa shape index (κ1) is 7.50. The first-order chi connectivity index (χ1) is 4.41. The molecule has 0 aliphatic heterocycles. The van der Waals surface area contributed by atoms with E-state index < -0.39 is 0 Å². The molecule has 0 N–H and O–H groups in total. The zero-order valence-corrected chi connectivity index (χ0v) is 4.57. The molecular formula is C5H4N2O2. The van der Waals surface area contributed by atoms with Crippen molar-refractivity contribution in [2.24, 2.45) is 9.98 Å². The van der Waals surface area contributed by atoms with E-state index in [0.29, 0.717) is 0 Å². The zero-order valence-electron chi connectivity index (χ0n) is 4.57. The number of hydrogen-bond acceptors (Lipinski definition) is 4. The topological polar surface area (TPSA) is 58.9 Å². The molecule has 4 nitrogen and oxygen atoms in total. The van der Waals surface area contributed by atoms with Crippen LogP contribution < -0.4 is 0 Å². The molecule has 4 heteroatoms. The molecule has 0 aliphatic rings. The summed E-state index contributed by atoms with van der Waals surface area (Å²) in [6, 6.07) is 0. The molecule has 0 aliphatic carbocycles. The smallest absolute Gasteiger partial charge is 0.211 e. The van der Waals surface area contributed by atoms with E-state index in [-0.39, 0.29) is 6.54 Å². The third-order valence-electron chi connectivity index (χ3n) is 0.494. The van der Waals surface area contributed by atoms with Crippen molar-refractivity contribution in [2.45, 2.75) is 0 Å². The largest absolute Gasteiger partial charge is 0.239 e. The summed E-state index contributed by atoms with van der Waals surface area (Å²) in [5.41, 5.74) is 0. The Morgan fingerprint density at radius 1 is 1.33 bits per heavy atom. The van der Waals surface area contributed by atoms with Crippen LogP contribution in [-0.2, 0) is 9.59 Å². The van der Waals surface area contributed by atoms with Crippen LogP contribution >= 0.6 is 0 Å². The minimum atomic E-state index is 0.203. The van der Waals surface area contributed by atoms with E-state index in [2.05, 4.69) is 9.98 Å². The van der Waals surface area contributed by atoms with Crippen LogP contribution in [0.3, 0.4) is 0 Å². The first-order valence-corrected chi connectivity index (χ1v) is 2.17. The molecule has 0 atom stereocenters. The fourth-order valence-corrected chi connectivity index (χ4v) is 0.220. The van der Waals surface area contributed by atoms with E-state index in [1.165, 1.54) is 24.4 Å². The minimum absolute atomic E-state index is 0.203. The lowest BCUT2D eigenvalue weighted by molar-refractivity contribution is 0.563. The summed E-state index contributed by atoms with van der Waals surface area (Å²) in [4.78, 5) is 25.0. The Morgan fingerprint density at radius 3 is 2.67 bits per heavy atom. The summed E-state index contributed by atoms with van der Waals surface area (Å²) < 4.78 is 0. The summed E-state index contributed by atoms with van der Waals surface area (Å²) in [7, 11) is 0. The van der Waals surface area contributed by atoms with Crippen LogP contribution in [0.15, 0.2) is 22.3 Å². The van der Waals surface area contributed by atoms with Crippen molar-refractivity contribution in [3.63, 3.8) is 0 Å². The van der Waals surface area contributed by atoms with Crippen molar-refractivity contribution in [1.29, 1.82) is 0 Å². The maximum Gasteiger partial charge on any atom is 0.239 e. The molecule has 0 aromatic heterocycles. The predicted octanol–water partition coefficient (Wildman–Crippen LogP) is 0.172. The van der Waals surface area contributed by atoms with Gasteiger partial charge in [-0.2, -0.15) is 4.99 Å². The monoisotopic (exact) mass is 124 g/mol. The Balaban J connectivity index is 3.47. The Hall–Kier alpha value is -1.50. The number of nitrogens with zero attached hydrogens (tertiary/aromatic N) is 2. The van der Waals surface area contributed by atoms with Crippen LogP contribution in [0.25, 0.3) is 0 Å². The Morgan fingerprint density at radius 2 is 2.11 bits per heavy atom. The fraction of sp³-hybridized carbons (Fsp3) is 0.200. The molecule has 0 radical (unpaired) electrons. The highest BCUT2D eigenvalue weighted by molar-refractivity contribution is 5.35. The van der Waals surface area contributed by atoms with E-state index >= 15 is 0 Å². The molecule has 0 amide bonds. The lowest BCUT2D eigenvalue weighted by Gasteiger charge is -1.69. The number of hydrogen-bond donors (Lipinski definition) is 0. The minimum Gasteiger partial charge on any atom is -0.211 e. The molecule has 46 valence electrons. The van der Waals surface area contributed by atoms with Gasteiger partial charge in [0.2, 0.25) is 12.2 Å². The van der Waals surface area contributed by atoms with E-state index in [1.807, 2.05) is 0 Å². The van der Waals surface area contributed by atoms with Crippen LogP contribution in [-0.4, -0.2) is 18.7 Å². The molecule has 0 aromatic rings. The standard InChI is InChI=1S/C5H4N2O2/c8-4-6-2-1-3-7-5-9/h1-2H,3H2/b2-1-. The van der Waals surface area contributed by atoms with Crippen molar-refractivity contribution in [2.75, 3.05) is 6.54 Å². The van der Waals surface area contributed by atoms with Gasteiger partial charge in [-0.25, -0.2) is 14.6 Å². The van der Waals surface area contributed by atoms with Crippen molar-refractivity contribution in [3.8, 4) is 0 Å². The van der Waals surface area contributed by atoms with Crippen LogP contribution in [0.5, 0.6) is 0 Å². The number of aliphatic imine (C=N–C) groups is 2. The van der Waals surface area contributed by atoms with Crippen molar-refractivity contribution < 1.29 is 9.59 Å². The first-order valence-electron chi connectivity index (χ1n) is 2.17. The second-order valence-corrected chi connectivity index (χ2v) is 1.04. The maximum atomic E-state index is 9.40. The normalized spacial score (nSPS) is 8.00. The number of isocyanates is 2. The van der Waals surface area contributed by atoms with E-state index in [4.69, 9.17) is 0 Å². The molecule has 9 heavy (non-hydrogen) atoms. The SMILES string of the molecule is O=C=N/C=C\CN=C=O. The lowest BCUT2D eigenvalue weighted by Crippen LogP contribution is -1.66. The third-order valence-corrected chi connectivity index (χ3v) is 0.494. The van der Waals surface area contributed by atoms with Gasteiger partial charge >= 0.3 is 0 Å². The number of rotatable bonds is 3. The summed E-state index contributed by atoms with van der Waals surface area (Å²) in [5.74, 6) is 0. The van der Waals surface area contributed by atoms with E-state index in [1.54, 1.807) is 0 Å². The van der Waals surface area contributed by atoms with Gasteiger partial charge in [0.1, 0.15) is 0 Å². The fourth-order valence-electron chi connectivity index (χ4n) is 0.220. The summed E-state index contributed by atoms with van der Waals surface area (Å²) in [5, 5.41) is 0. The van der Waals surface area contributed by atoms with Crippen LogP contribution in [0, 0.1) is 0 Å². The summed E-state index contributed by atoms with van der Waals surface area (Å²) in [6.07, 6.45) is 5.28. The highest BCUT2D eigenvalue weighted by Crippen LogP contribution is 1.72. The highest BCUT2D eigenvalue weighted by atomic mass is 16.1. The van der Waals surface area contributed by atoms with Crippen LogP contribution in [0.4, 0.5) is 0 Å². The van der Waals surface area contributed by atoms with Gasteiger partial charge in [-0.15, -0.1) is 0 Å². The molecule has 0 saturated heterocycles.